The van der Waals surface area contributed by atoms with Crippen molar-refractivity contribution in [1.29, 1.82) is 0 Å². The van der Waals surface area contributed by atoms with E-state index in [2.05, 4.69) is 10.2 Å². The monoisotopic (exact) mass is 142 g/mol. The van der Waals surface area contributed by atoms with Crippen LogP contribution in [0.1, 0.15) is 0 Å². The van der Waals surface area contributed by atoms with Crippen molar-refractivity contribution in [3.05, 3.63) is 22.5 Å². The number of aromatic nitrogens is 2. The van der Waals surface area contributed by atoms with Crippen LogP contribution in [-0.4, -0.2) is 16.5 Å². The third-order valence-electron chi connectivity index (χ3n) is 0.863. The Hall–Kier alpha value is -0.770. The lowest BCUT2D eigenvalue weighted by Gasteiger charge is -1.88. The summed E-state index contributed by atoms with van der Waals surface area (Å²) in [5, 5.41) is 6.87. The molecular formula is C5H6N2OS. The van der Waals surface area contributed by atoms with Crippen LogP contribution in [0.15, 0.2) is 22.0 Å². The summed E-state index contributed by atoms with van der Waals surface area (Å²) < 4.78 is 0. The zero-order valence-corrected chi connectivity index (χ0v) is 5.73. The molecule has 48 valence electrons. The van der Waals surface area contributed by atoms with E-state index in [1.54, 1.807) is 6.07 Å². The first-order valence-corrected chi connectivity index (χ1v) is 3.65. The van der Waals surface area contributed by atoms with E-state index >= 15 is 0 Å². The molecule has 0 spiro atoms. The lowest BCUT2D eigenvalue weighted by molar-refractivity contribution is 0.901. The number of aromatic amines is 1. The van der Waals surface area contributed by atoms with Crippen LogP contribution in [0.2, 0.25) is 0 Å². The van der Waals surface area contributed by atoms with Crippen molar-refractivity contribution < 1.29 is 0 Å². The van der Waals surface area contributed by atoms with Crippen LogP contribution in [0, 0.1) is 0 Å². The number of nitrogens with one attached hydrogen (secondary N) is 1. The molecule has 0 fully saturated rings. The van der Waals surface area contributed by atoms with Gasteiger partial charge < -0.3 is 0 Å². The summed E-state index contributed by atoms with van der Waals surface area (Å²) in [5.41, 5.74) is -0.159. The Morgan fingerprint density at radius 2 is 2.44 bits per heavy atom. The van der Waals surface area contributed by atoms with Crippen LogP contribution < -0.4 is 5.56 Å². The Bertz CT molecular complexity index is 224. The third-order valence-corrected chi connectivity index (χ3v) is 1.51. The molecule has 0 saturated carbocycles. The average Bonchev–Trinajstić information content (AvgIpc) is 1.90. The molecule has 4 heteroatoms. The van der Waals surface area contributed by atoms with E-state index in [9.17, 15) is 4.79 Å². The molecular weight excluding hydrogens is 136 g/mol. The molecule has 0 atom stereocenters. The van der Waals surface area contributed by atoms with Crippen molar-refractivity contribution >= 4 is 11.8 Å². The standard InChI is InChI=1S/C5H6N2OS/c1-9-5-3-2-4(8)6-7-5/h2-3H,1H3,(H,6,8). The highest BCUT2D eigenvalue weighted by atomic mass is 32.2. The topological polar surface area (TPSA) is 45.8 Å². The molecule has 1 aromatic heterocycles. The van der Waals surface area contributed by atoms with Gasteiger partial charge in [-0.15, -0.1) is 11.8 Å². The molecule has 0 amide bonds. The molecule has 0 bridgehead atoms. The van der Waals surface area contributed by atoms with Crippen LogP contribution in [0.25, 0.3) is 0 Å². The Balaban J connectivity index is 3.02. The smallest absolute Gasteiger partial charge is 0.264 e. The number of thioether (sulfide) groups is 1. The third kappa shape index (κ3) is 1.57. The van der Waals surface area contributed by atoms with Gasteiger partial charge in [0.15, 0.2) is 0 Å². The number of hydrogen-bond donors (Lipinski definition) is 1. The zero-order chi connectivity index (χ0) is 6.69. The van der Waals surface area contributed by atoms with Crippen LogP contribution in [0.3, 0.4) is 0 Å². The van der Waals surface area contributed by atoms with Crippen molar-refractivity contribution in [2.45, 2.75) is 5.03 Å². The van der Waals surface area contributed by atoms with E-state index in [1.807, 2.05) is 6.26 Å². The highest BCUT2D eigenvalue weighted by molar-refractivity contribution is 7.98. The molecule has 1 aromatic rings. The Labute approximate surface area is 56.5 Å². The van der Waals surface area contributed by atoms with Gasteiger partial charge in [0.1, 0.15) is 5.03 Å². The van der Waals surface area contributed by atoms with Gasteiger partial charge in [0.2, 0.25) is 0 Å². The molecule has 0 aliphatic carbocycles. The molecule has 0 aliphatic heterocycles. The van der Waals surface area contributed by atoms with Crippen LogP contribution >= 0.6 is 11.8 Å². The van der Waals surface area contributed by atoms with Crippen LogP contribution in [-0.2, 0) is 0 Å². The van der Waals surface area contributed by atoms with Gasteiger partial charge in [-0.3, -0.25) is 4.79 Å². The second-order valence-corrected chi connectivity index (χ2v) is 2.29. The molecule has 1 rings (SSSR count). The second kappa shape index (κ2) is 2.68. The maximum absolute atomic E-state index is 10.4. The maximum Gasteiger partial charge on any atom is 0.264 e. The molecule has 0 saturated heterocycles. The predicted octanol–water partition coefficient (Wildman–Crippen LogP) is 0.492. The first kappa shape index (κ1) is 6.35. The largest absolute Gasteiger partial charge is 0.268 e. The SMILES string of the molecule is CSc1ccc(=O)[nH]n1. The summed E-state index contributed by atoms with van der Waals surface area (Å²) in [5.74, 6) is 0. The van der Waals surface area contributed by atoms with Crippen molar-refractivity contribution in [1.82, 2.24) is 10.2 Å². The van der Waals surface area contributed by atoms with Gasteiger partial charge in [-0.2, -0.15) is 5.10 Å². The predicted molar refractivity (Wildman–Crippen MR) is 36.6 cm³/mol. The Morgan fingerprint density at radius 1 is 1.67 bits per heavy atom. The van der Waals surface area contributed by atoms with Gasteiger partial charge in [0.25, 0.3) is 5.56 Å². The maximum atomic E-state index is 10.4. The molecule has 1 heterocycles. The highest BCUT2D eigenvalue weighted by Crippen LogP contribution is 2.05. The van der Waals surface area contributed by atoms with E-state index in [1.165, 1.54) is 17.8 Å². The molecule has 3 nitrogen and oxygen atoms in total. The normalized spacial score (nSPS) is 9.44. The van der Waals surface area contributed by atoms with E-state index in [0.29, 0.717) is 0 Å². The number of H-pyrrole nitrogens is 1. The molecule has 0 aliphatic rings. The van der Waals surface area contributed by atoms with Gasteiger partial charge in [0.05, 0.1) is 0 Å². The fourth-order valence-electron chi connectivity index (χ4n) is 0.445. The van der Waals surface area contributed by atoms with Crippen LogP contribution in [0.5, 0.6) is 0 Å². The van der Waals surface area contributed by atoms with Crippen molar-refractivity contribution in [3.63, 3.8) is 0 Å². The molecule has 0 radical (unpaired) electrons. The summed E-state index contributed by atoms with van der Waals surface area (Å²) in [6.07, 6.45) is 1.90. The van der Waals surface area contributed by atoms with Crippen molar-refractivity contribution in [2.24, 2.45) is 0 Å². The Morgan fingerprint density at radius 3 is 2.89 bits per heavy atom. The average molecular weight is 142 g/mol. The van der Waals surface area contributed by atoms with E-state index in [4.69, 9.17) is 0 Å². The number of nitrogens with zero attached hydrogens (tertiary/aromatic N) is 1. The summed E-state index contributed by atoms with van der Waals surface area (Å²) in [4.78, 5) is 10.4. The number of rotatable bonds is 1. The quantitative estimate of drug-likeness (QED) is 0.580. The molecule has 9 heavy (non-hydrogen) atoms. The fraction of sp³-hybridized carbons (Fsp3) is 0.200. The Kier molecular flexibility index (Phi) is 1.89. The van der Waals surface area contributed by atoms with E-state index in [-0.39, 0.29) is 5.56 Å². The lowest BCUT2D eigenvalue weighted by Crippen LogP contribution is -2.04. The van der Waals surface area contributed by atoms with Crippen molar-refractivity contribution in [3.8, 4) is 0 Å². The minimum atomic E-state index is -0.159. The van der Waals surface area contributed by atoms with Gasteiger partial charge in [-0.05, 0) is 12.3 Å². The van der Waals surface area contributed by atoms with Crippen molar-refractivity contribution in [2.75, 3.05) is 6.26 Å². The minimum absolute atomic E-state index is 0.159. The van der Waals surface area contributed by atoms with Gasteiger partial charge in [-0.25, -0.2) is 5.10 Å². The van der Waals surface area contributed by atoms with E-state index < -0.39 is 0 Å². The highest BCUT2D eigenvalue weighted by Gasteiger charge is 1.87. The van der Waals surface area contributed by atoms with E-state index in [0.717, 1.165) is 5.03 Å². The summed E-state index contributed by atoms with van der Waals surface area (Å²) in [7, 11) is 0. The first-order valence-electron chi connectivity index (χ1n) is 2.42. The number of hydrogen-bond acceptors (Lipinski definition) is 3. The molecule has 0 unspecified atom stereocenters. The lowest BCUT2D eigenvalue weighted by atomic mass is 10.6. The summed E-state index contributed by atoms with van der Waals surface area (Å²) in [6, 6.07) is 3.14. The summed E-state index contributed by atoms with van der Waals surface area (Å²) in [6.45, 7) is 0. The summed E-state index contributed by atoms with van der Waals surface area (Å²) >= 11 is 1.50. The van der Waals surface area contributed by atoms with Crippen LogP contribution in [0.4, 0.5) is 0 Å². The van der Waals surface area contributed by atoms with Gasteiger partial charge in [-0.1, -0.05) is 0 Å². The van der Waals surface area contributed by atoms with Gasteiger partial charge >= 0.3 is 0 Å². The fourth-order valence-corrected chi connectivity index (χ4v) is 0.786. The minimum Gasteiger partial charge on any atom is -0.268 e. The second-order valence-electron chi connectivity index (χ2n) is 1.46. The zero-order valence-electron chi connectivity index (χ0n) is 4.92. The molecule has 1 N–H and O–H groups in total. The first-order chi connectivity index (χ1) is 4.33. The molecule has 0 aromatic carbocycles. The van der Waals surface area contributed by atoms with Gasteiger partial charge in [0, 0.05) is 6.07 Å².